The zero-order valence-corrected chi connectivity index (χ0v) is 11.2. The third-order valence-electron chi connectivity index (χ3n) is 2.37. The maximum absolute atomic E-state index is 11.9. The van der Waals surface area contributed by atoms with Crippen LogP contribution in [0.4, 0.5) is 0 Å². The van der Waals surface area contributed by atoms with E-state index in [4.69, 9.17) is 15.9 Å². The van der Waals surface area contributed by atoms with Gasteiger partial charge in [0, 0.05) is 12.2 Å². The molecule has 0 radical (unpaired) electrons. The summed E-state index contributed by atoms with van der Waals surface area (Å²) in [5, 5.41) is 7.23. The maximum Gasteiger partial charge on any atom is 0.180 e. The molecule has 0 saturated heterocycles. The highest BCUT2D eigenvalue weighted by Gasteiger charge is 2.14. The molecule has 0 aliphatic rings. The van der Waals surface area contributed by atoms with Crippen molar-refractivity contribution in [3.05, 3.63) is 29.8 Å². The van der Waals surface area contributed by atoms with Gasteiger partial charge in [0.15, 0.2) is 9.84 Å². The molecule has 1 aromatic rings. The Kier molecular flexibility index (Phi) is 5.30. The van der Waals surface area contributed by atoms with E-state index in [2.05, 4.69) is 0 Å². The van der Waals surface area contributed by atoms with Gasteiger partial charge in [-0.05, 0) is 18.6 Å². The molecule has 0 aromatic heterocycles. The third kappa shape index (κ3) is 4.12. The summed E-state index contributed by atoms with van der Waals surface area (Å²) in [4.78, 5) is 0.229. The van der Waals surface area contributed by atoms with E-state index in [1.807, 2.05) is 6.92 Å². The molecule has 100 valence electrons. The number of nitrogens with two attached hydrogens (primary N) is 1. The molecule has 0 saturated carbocycles. The molecule has 3 N–H and O–H groups in total. The number of hydrogen-bond acceptors (Lipinski definition) is 4. The molecule has 0 aliphatic heterocycles. The third-order valence-corrected chi connectivity index (χ3v) is 4.06. The van der Waals surface area contributed by atoms with Crippen LogP contribution in [0.25, 0.3) is 0 Å². The first-order valence-electron chi connectivity index (χ1n) is 5.72. The number of hydrogen-bond donors (Lipinski definition) is 2. The van der Waals surface area contributed by atoms with Gasteiger partial charge in [-0.25, -0.2) is 8.42 Å². The monoisotopic (exact) mass is 270 g/mol. The maximum atomic E-state index is 11.9. The highest BCUT2D eigenvalue weighted by atomic mass is 32.2. The summed E-state index contributed by atoms with van der Waals surface area (Å²) in [6, 6.07) is 5.99. The lowest BCUT2D eigenvalue weighted by atomic mass is 10.2. The van der Waals surface area contributed by atoms with E-state index in [9.17, 15) is 8.42 Å². The van der Waals surface area contributed by atoms with Crippen LogP contribution in [0.1, 0.15) is 18.9 Å². The van der Waals surface area contributed by atoms with Crippen molar-refractivity contribution in [2.24, 2.45) is 5.73 Å². The van der Waals surface area contributed by atoms with Gasteiger partial charge in [-0.2, -0.15) is 0 Å². The second-order valence-electron chi connectivity index (χ2n) is 3.87. The van der Waals surface area contributed by atoms with Gasteiger partial charge in [-0.3, -0.25) is 5.41 Å². The van der Waals surface area contributed by atoms with Crippen molar-refractivity contribution in [1.29, 1.82) is 5.41 Å². The second kappa shape index (κ2) is 6.51. The minimum atomic E-state index is -3.32. The molecule has 0 spiro atoms. The number of sulfone groups is 1. The Balaban J connectivity index is 2.70. The van der Waals surface area contributed by atoms with Gasteiger partial charge >= 0.3 is 0 Å². The Morgan fingerprint density at radius 2 is 1.89 bits per heavy atom. The summed E-state index contributed by atoms with van der Waals surface area (Å²) in [5.74, 6) is -0.114. The highest BCUT2D eigenvalue weighted by molar-refractivity contribution is 7.91. The average molecular weight is 270 g/mol. The van der Waals surface area contributed by atoms with E-state index in [1.54, 1.807) is 0 Å². The Hall–Kier alpha value is -1.40. The first kappa shape index (κ1) is 14.7. The fourth-order valence-electron chi connectivity index (χ4n) is 1.37. The second-order valence-corrected chi connectivity index (χ2v) is 5.98. The summed E-state index contributed by atoms with van der Waals surface area (Å²) in [5.41, 5.74) is 5.81. The van der Waals surface area contributed by atoms with Crippen molar-refractivity contribution in [2.45, 2.75) is 18.2 Å². The van der Waals surface area contributed by atoms with E-state index in [1.165, 1.54) is 24.3 Å². The highest BCUT2D eigenvalue weighted by Crippen LogP contribution is 2.12. The summed E-state index contributed by atoms with van der Waals surface area (Å²) >= 11 is 0. The molecule has 0 amide bonds. The quantitative estimate of drug-likeness (QED) is 0.442. The summed E-state index contributed by atoms with van der Waals surface area (Å²) < 4.78 is 29.0. The van der Waals surface area contributed by atoms with Crippen molar-refractivity contribution in [3.63, 3.8) is 0 Å². The van der Waals surface area contributed by atoms with E-state index in [-0.39, 0.29) is 23.1 Å². The Bertz CT molecular complexity index is 495. The minimum Gasteiger partial charge on any atom is -0.384 e. The van der Waals surface area contributed by atoms with E-state index in [0.29, 0.717) is 12.2 Å². The Labute approximate surface area is 107 Å². The first-order valence-corrected chi connectivity index (χ1v) is 7.37. The molecule has 1 aromatic carbocycles. The van der Waals surface area contributed by atoms with Crippen molar-refractivity contribution >= 4 is 15.7 Å². The van der Waals surface area contributed by atoms with Crippen LogP contribution in [0, 0.1) is 5.41 Å². The number of rotatable bonds is 7. The molecule has 0 atom stereocenters. The predicted molar refractivity (Wildman–Crippen MR) is 70.6 cm³/mol. The van der Waals surface area contributed by atoms with Crippen molar-refractivity contribution in [3.8, 4) is 0 Å². The van der Waals surface area contributed by atoms with Gasteiger partial charge in [0.25, 0.3) is 0 Å². The lowest BCUT2D eigenvalue weighted by Gasteiger charge is -2.06. The molecule has 0 heterocycles. The predicted octanol–water partition coefficient (Wildman–Crippen LogP) is 1.17. The molecule has 0 bridgehead atoms. The Morgan fingerprint density at radius 1 is 1.28 bits per heavy atom. The summed E-state index contributed by atoms with van der Waals surface area (Å²) in [7, 11) is -3.32. The van der Waals surface area contributed by atoms with Crippen molar-refractivity contribution in [1.82, 2.24) is 0 Å². The molecular weight excluding hydrogens is 252 g/mol. The van der Waals surface area contributed by atoms with Crippen molar-refractivity contribution in [2.75, 3.05) is 19.0 Å². The topological polar surface area (TPSA) is 93.2 Å². The molecule has 6 heteroatoms. The molecule has 5 nitrogen and oxygen atoms in total. The first-order chi connectivity index (χ1) is 8.47. The fraction of sp³-hybridized carbons (Fsp3) is 0.417. The van der Waals surface area contributed by atoms with E-state index in [0.717, 1.165) is 6.42 Å². The lowest BCUT2D eigenvalue weighted by molar-refractivity contribution is 0.149. The number of nitrogen functional groups attached to an aromatic ring is 1. The number of nitrogens with one attached hydrogen (secondary N) is 1. The van der Waals surface area contributed by atoms with Crippen LogP contribution in [0.15, 0.2) is 29.2 Å². The minimum absolute atomic E-state index is 0.0353. The molecule has 0 unspecified atom stereocenters. The van der Waals surface area contributed by atoms with Gasteiger partial charge in [0.2, 0.25) is 0 Å². The van der Waals surface area contributed by atoms with Crippen LogP contribution in [-0.2, 0) is 14.6 Å². The molecule has 1 rings (SSSR count). The molecule has 0 aliphatic carbocycles. The van der Waals surface area contributed by atoms with Gasteiger partial charge in [0.1, 0.15) is 5.84 Å². The number of benzene rings is 1. The van der Waals surface area contributed by atoms with Crippen LogP contribution in [0.2, 0.25) is 0 Å². The molecule has 0 fully saturated rings. The zero-order chi connectivity index (χ0) is 13.6. The Morgan fingerprint density at radius 3 is 2.39 bits per heavy atom. The average Bonchev–Trinajstić information content (AvgIpc) is 2.35. The smallest absolute Gasteiger partial charge is 0.180 e. The lowest BCUT2D eigenvalue weighted by Crippen LogP contribution is -2.14. The van der Waals surface area contributed by atoms with E-state index < -0.39 is 9.84 Å². The van der Waals surface area contributed by atoms with Crippen LogP contribution < -0.4 is 5.73 Å². The molecular formula is C12H18N2O3S. The summed E-state index contributed by atoms with van der Waals surface area (Å²) in [6.07, 6.45) is 0.868. The number of amidine groups is 1. The standard InChI is InChI=1S/C12H18N2O3S/c1-2-7-17-8-9-18(15,16)11-5-3-10(4-6-11)12(13)14/h3-6H,2,7-9H2,1H3,(H3,13,14). The van der Waals surface area contributed by atoms with Crippen LogP contribution in [0.5, 0.6) is 0 Å². The van der Waals surface area contributed by atoms with Crippen LogP contribution >= 0.6 is 0 Å². The zero-order valence-electron chi connectivity index (χ0n) is 10.3. The van der Waals surface area contributed by atoms with Gasteiger partial charge in [0.05, 0.1) is 17.3 Å². The normalized spacial score (nSPS) is 11.4. The van der Waals surface area contributed by atoms with Gasteiger partial charge < -0.3 is 10.5 Å². The van der Waals surface area contributed by atoms with Gasteiger partial charge in [-0.15, -0.1) is 0 Å². The largest absolute Gasteiger partial charge is 0.384 e. The van der Waals surface area contributed by atoms with Gasteiger partial charge in [-0.1, -0.05) is 19.1 Å². The summed E-state index contributed by atoms with van der Waals surface area (Å²) in [6.45, 7) is 2.73. The van der Waals surface area contributed by atoms with E-state index >= 15 is 0 Å². The SMILES string of the molecule is CCCOCCS(=O)(=O)c1ccc(C(=N)N)cc1. The van der Waals surface area contributed by atoms with Crippen LogP contribution in [-0.4, -0.2) is 33.2 Å². The fourth-order valence-corrected chi connectivity index (χ4v) is 2.50. The van der Waals surface area contributed by atoms with Crippen LogP contribution in [0.3, 0.4) is 0 Å². The molecule has 18 heavy (non-hydrogen) atoms. The number of ether oxygens (including phenoxy) is 1. The van der Waals surface area contributed by atoms with Crippen molar-refractivity contribution < 1.29 is 13.2 Å².